The Kier molecular flexibility index (Phi) is 4.23. The summed E-state index contributed by atoms with van der Waals surface area (Å²) >= 11 is 5.96. The van der Waals surface area contributed by atoms with Crippen LogP contribution < -0.4 is 0 Å². The molecule has 2 aliphatic rings. The van der Waals surface area contributed by atoms with Gasteiger partial charge < -0.3 is 9.64 Å². The summed E-state index contributed by atoms with van der Waals surface area (Å²) in [5.41, 5.74) is 0.838. The van der Waals surface area contributed by atoms with Crippen LogP contribution in [0.15, 0.2) is 24.3 Å². The Morgan fingerprint density at radius 1 is 1.38 bits per heavy atom. The molecule has 1 amide bonds. The van der Waals surface area contributed by atoms with E-state index in [0.717, 1.165) is 56.0 Å². The number of rotatable bonds is 4. The summed E-state index contributed by atoms with van der Waals surface area (Å²) in [5, 5.41) is 0.722. The van der Waals surface area contributed by atoms with Crippen LogP contribution in [0.4, 0.5) is 0 Å². The van der Waals surface area contributed by atoms with E-state index in [4.69, 9.17) is 16.3 Å². The minimum absolute atomic E-state index is 0.278. The number of amides is 1. The minimum atomic E-state index is -0.278. The first-order chi connectivity index (χ1) is 10.2. The number of nitrogens with zero attached hydrogens (tertiary/aromatic N) is 1. The molecule has 0 aromatic heterocycles. The number of benzene rings is 1. The number of methoxy groups -OCH3 is 1. The maximum absolute atomic E-state index is 13.0. The lowest BCUT2D eigenvalue weighted by Gasteiger charge is -2.35. The van der Waals surface area contributed by atoms with Gasteiger partial charge in [-0.25, -0.2) is 0 Å². The molecule has 1 aliphatic carbocycles. The molecule has 1 aromatic rings. The molecule has 1 unspecified atom stereocenters. The fourth-order valence-corrected chi connectivity index (χ4v) is 3.57. The standard InChI is InChI=1S/C17H22ClNO2/c1-21-12-13-3-2-10-19(11-13)16(20)17(8-9-17)14-4-6-15(18)7-5-14/h4-7,13H,2-3,8-12H2,1H3. The van der Waals surface area contributed by atoms with E-state index in [1.807, 2.05) is 24.3 Å². The Morgan fingerprint density at radius 3 is 2.71 bits per heavy atom. The zero-order chi connectivity index (χ0) is 14.9. The van der Waals surface area contributed by atoms with E-state index in [0.29, 0.717) is 11.8 Å². The van der Waals surface area contributed by atoms with Gasteiger partial charge in [0.1, 0.15) is 0 Å². The topological polar surface area (TPSA) is 29.5 Å². The number of ether oxygens (including phenoxy) is 1. The van der Waals surface area contributed by atoms with Gasteiger partial charge in [0.25, 0.3) is 0 Å². The summed E-state index contributed by atoms with van der Waals surface area (Å²) in [6, 6.07) is 7.77. The van der Waals surface area contributed by atoms with Gasteiger partial charge in [-0.2, -0.15) is 0 Å². The van der Waals surface area contributed by atoms with E-state index >= 15 is 0 Å². The summed E-state index contributed by atoms with van der Waals surface area (Å²) in [6.07, 6.45) is 4.15. The van der Waals surface area contributed by atoms with Gasteiger partial charge in [0.15, 0.2) is 0 Å². The fourth-order valence-electron chi connectivity index (χ4n) is 3.44. The quantitative estimate of drug-likeness (QED) is 0.854. The molecule has 1 aromatic carbocycles. The molecule has 0 radical (unpaired) electrons. The van der Waals surface area contributed by atoms with Crippen molar-refractivity contribution in [2.24, 2.45) is 5.92 Å². The van der Waals surface area contributed by atoms with Crippen molar-refractivity contribution in [2.45, 2.75) is 31.1 Å². The first kappa shape index (κ1) is 14.9. The van der Waals surface area contributed by atoms with E-state index < -0.39 is 0 Å². The van der Waals surface area contributed by atoms with E-state index in [2.05, 4.69) is 4.90 Å². The first-order valence-electron chi connectivity index (χ1n) is 7.70. The molecule has 2 fully saturated rings. The Bertz CT molecular complexity index is 508. The van der Waals surface area contributed by atoms with Crippen molar-refractivity contribution in [2.75, 3.05) is 26.8 Å². The second-order valence-corrected chi connectivity index (χ2v) is 6.74. The number of hydrogen-bond acceptors (Lipinski definition) is 2. The predicted molar refractivity (Wildman–Crippen MR) is 83.5 cm³/mol. The van der Waals surface area contributed by atoms with Crippen LogP contribution in [0, 0.1) is 5.92 Å². The second kappa shape index (κ2) is 5.98. The molecule has 1 heterocycles. The number of carbonyl (C=O) groups excluding carboxylic acids is 1. The van der Waals surface area contributed by atoms with Crippen LogP contribution in [0.2, 0.25) is 5.02 Å². The van der Waals surface area contributed by atoms with Crippen molar-refractivity contribution in [3.63, 3.8) is 0 Å². The molecular formula is C17H22ClNO2. The highest BCUT2D eigenvalue weighted by atomic mass is 35.5. The Labute approximate surface area is 131 Å². The summed E-state index contributed by atoms with van der Waals surface area (Å²) in [5.74, 6) is 0.777. The summed E-state index contributed by atoms with van der Waals surface area (Å²) in [6.45, 7) is 2.47. The highest BCUT2D eigenvalue weighted by molar-refractivity contribution is 6.30. The van der Waals surface area contributed by atoms with Gasteiger partial charge in [-0.05, 0) is 49.3 Å². The molecular weight excluding hydrogens is 286 g/mol. The zero-order valence-electron chi connectivity index (χ0n) is 12.5. The molecule has 1 saturated carbocycles. The summed E-state index contributed by atoms with van der Waals surface area (Å²) < 4.78 is 5.26. The maximum Gasteiger partial charge on any atom is 0.233 e. The van der Waals surface area contributed by atoms with E-state index in [9.17, 15) is 4.79 Å². The number of halogens is 1. The summed E-state index contributed by atoms with van der Waals surface area (Å²) in [7, 11) is 1.73. The molecule has 0 spiro atoms. The van der Waals surface area contributed by atoms with Crippen molar-refractivity contribution in [1.82, 2.24) is 4.90 Å². The van der Waals surface area contributed by atoms with E-state index in [-0.39, 0.29) is 5.41 Å². The van der Waals surface area contributed by atoms with Gasteiger partial charge >= 0.3 is 0 Å². The second-order valence-electron chi connectivity index (χ2n) is 6.30. The molecule has 0 N–H and O–H groups in total. The number of piperidine rings is 1. The third-order valence-corrected chi connectivity index (χ3v) is 5.02. The van der Waals surface area contributed by atoms with Crippen molar-refractivity contribution in [3.05, 3.63) is 34.9 Å². The molecule has 114 valence electrons. The van der Waals surface area contributed by atoms with Crippen LogP contribution in [0.5, 0.6) is 0 Å². The molecule has 3 rings (SSSR count). The van der Waals surface area contributed by atoms with E-state index in [1.54, 1.807) is 7.11 Å². The Morgan fingerprint density at radius 2 is 2.10 bits per heavy atom. The van der Waals surface area contributed by atoms with Crippen LogP contribution in [0.3, 0.4) is 0 Å². The van der Waals surface area contributed by atoms with Crippen LogP contribution in [-0.4, -0.2) is 37.6 Å². The Hall–Kier alpha value is -1.06. The third-order valence-electron chi connectivity index (χ3n) is 4.76. The van der Waals surface area contributed by atoms with Gasteiger partial charge in [0, 0.05) is 25.2 Å². The van der Waals surface area contributed by atoms with Crippen molar-refractivity contribution in [3.8, 4) is 0 Å². The maximum atomic E-state index is 13.0. The average molecular weight is 308 g/mol. The smallest absolute Gasteiger partial charge is 0.233 e. The van der Waals surface area contributed by atoms with E-state index in [1.165, 1.54) is 0 Å². The van der Waals surface area contributed by atoms with Gasteiger partial charge in [0.2, 0.25) is 5.91 Å². The normalized spacial score (nSPS) is 23.9. The molecule has 1 saturated heterocycles. The monoisotopic (exact) mass is 307 g/mol. The third kappa shape index (κ3) is 2.95. The highest BCUT2D eigenvalue weighted by Gasteiger charge is 2.53. The van der Waals surface area contributed by atoms with Crippen molar-refractivity contribution >= 4 is 17.5 Å². The molecule has 0 bridgehead atoms. The minimum Gasteiger partial charge on any atom is -0.384 e. The number of hydrogen-bond donors (Lipinski definition) is 0. The van der Waals surface area contributed by atoms with Crippen molar-refractivity contribution in [1.29, 1.82) is 0 Å². The fraction of sp³-hybridized carbons (Fsp3) is 0.588. The Balaban J connectivity index is 1.73. The number of carbonyl (C=O) groups is 1. The lowest BCUT2D eigenvalue weighted by atomic mass is 9.91. The van der Waals surface area contributed by atoms with Gasteiger partial charge in [0.05, 0.1) is 12.0 Å². The lowest BCUT2D eigenvalue weighted by molar-refractivity contribution is -0.136. The molecule has 3 nitrogen and oxygen atoms in total. The van der Waals surface area contributed by atoms with Gasteiger partial charge in [-0.15, -0.1) is 0 Å². The van der Waals surface area contributed by atoms with Gasteiger partial charge in [-0.1, -0.05) is 23.7 Å². The molecule has 21 heavy (non-hydrogen) atoms. The van der Waals surface area contributed by atoms with Crippen LogP contribution >= 0.6 is 11.6 Å². The van der Waals surface area contributed by atoms with Crippen LogP contribution in [0.1, 0.15) is 31.2 Å². The molecule has 4 heteroatoms. The highest BCUT2D eigenvalue weighted by Crippen LogP contribution is 2.50. The summed E-state index contributed by atoms with van der Waals surface area (Å²) in [4.78, 5) is 15.0. The van der Waals surface area contributed by atoms with Gasteiger partial charge in [-0.3, -0.25) is 4.79 Å². The SMILES string of the molecule is COCC1CCCN(C(=O)C2(c3ccc(Cl)cc3)CC2)C1. The molecule has 1 atom stereocenters. The van der Waals surface area contributed by atoms with Crippen molar-refractivity contribution < 1.29 is 9.53 Å². The largest absolute Gasteiger partial charge is 0.384 e. The van der Waals surface area contributed by atoms with Crippen LogP contribution in [-0.2, 0) is 14.9 Å². The molecule has 1 aliphatic heterocycles. The zero-order valence-corrected chi connectivity index (χ0v) is 13.2. The predicted octanol–water partition coefficient (Wildman–Crippen LogP) is 3.26. The first-order valence-corrected chi connectivity index (χ1v) is 8.08. The average Bonchev–Trinajstić information content (AvgIpc) is 3.29. The van der Waals surface area contributed by atoms with Crippen LogP contribution in [0.25, 0.3) is 0 Å². The lowest BCUT2D eigenvalue weighted by Crippen LogP contribution is -2.45. The number of likely N-dealkylation sites (tertiary alicyclic amines) is 1.